The van der Waals surface area contributed by atoms with Crippen LogP contribution < -0.4 is 14.0 Å². The molecule has 2 N–H and O–H groups in total. The van der Waals surface area contributed by atoms with Crippen LogP contribution in [0, 0.1) is 6.92 Å². The number of nitrogen functional groups attached to an aromatic ring is 1. The van der Waals surface area contributed by atoms with Crippen LogP contribution in [0.5, 0.6) is 0 Å². The van der Waals surface area contributed by atoms with Crippen LogP contribution in [0.25, 0.3) is 0 Å². The number of anilines is 2. The normalized spacial score (nSPS) is 18.5. The molecule has 20 heavy (non-hydrogen) atoms. The average molecular weight is 330 g/mol. The second-order valence-corrected chi connectivity index (χ2v) is 7.81. The van der Waals surface area contributed by atoms with Crippen molar-refractivity contribution in [2.45, 2.75) is 32.7 Å². The molecular weight excluding hydrogens is 311 g/mol. The molecule has 2 aromatic rings. The monoisotopic (exact) mass is 330 g/mol. The van der Waals surface area contributed by atoms with E-state index in [-0.39, 0.29) is 0 Å². The van der Waals surface area contributed by atoms with Gasteiger partial charge >= 0.3 is 126 Å². The van der Waals surface area contributed by atoms with Gasteiger partial charge in [0.25, 0.3) is 0 Å². The van der Waals surface area contributed by atoms with Gasteiger partial charge in [-0.25, -0.2) is 0 Å². The average Bonchev–Trinajstić information content (AvgIpc) is 2.41. The molecule has 2 heterocycles. The molecule has 1 aromatic heterocycles. The number of para-hydroxylation sites is 1. The van der Waals surface area contributed by atoms with Crippen LogP contribution >= 0.6 is 0 Å². The number of rotatable bonds is 2. The summed E-state index contributed by atoms with van der Waals surface area (Å²) < 4.78 is 3.65. The van der Waals surface area contributed by atoms with E-state index in [1.807, 2.05) is 6.92 Å². The Morgan fingerprint density at radius 1 is 1.30 bits per heavy atom. The first kappa shape index (κ1) is 13.4. The number of hydrogen-bond donors (Lipinski definition) is 1. The summed E-state index contributed by atoms with van der Waals surface area (Å²) in [6, 6.07) is 11.4. The zero-order valence-electron chi connectivity index (χ0n) is 11.8. The predicted octanol–water partition coefficient (Wildman–Crippen LogP) is 1.19. The second kappa shape index (κ2) is 5.45. The first-order chi connectivity index (χ1) is 9.63. The second-order valence-electron chi connectivity index (χ2n) is 5.25. The van der Waals surface area contributed by atoms with Crippen molar-refractivity contribution in [1.29, 1.82) is 0 Å². The molecule has 0 saturated carbocycles. The van der Waals surface area contributed by atoms with Crippen LogP contribution in [-0.2, 0) is 6.42 Å². The van der Waals surface area contributed by atoms with Gasteiger partial charge in [0.05, 0.1) is 0 Å². The SMILES string of the molecule is Cc1cc([AsH]N2c3ccccc3CCC2C)nc(N)n1. The standard InChI is InChI=1S/C15H19AsN4/c1-10-9-14(19-15(17)18-10)16-20-11(2)7-8-12-5-3-4-6-13(12)20/h3-6,9,11,16H,7-8H2,1-2H3,(H2,17,18,19). The molecule has 0 amide bonds. The van der Waals surface area contributed by atoms with Gasteiger partial charge in [-0.05, 0) is 0 Å². The van der Waals surface area contributed by atoms with Crippen molar-refractivity contribution in [1.82, 2.24) is 9.97 Å². The van der Waals surface area contributed by atoms with E-state index >= 15 is 0 Å². The molecule has 1 aromatic carbocycles. The third kappa shape index (κ3) is 2.66. The number of nitrogens with two attached hydrogens (primary N) is 1. The third-order valence-corrected chi connectivity index (χ3v) is 6.58. The minimum absolute atomic E-state index is 0.390. The number of aromatic nitrogens is 2. The molecule has 2 atom stereocenters. The van der Waals surface area contributed by atoms with Crippen molar-refractivity contribution < 1.29 is 0 Å². The van der Waals surface area contributed by atoms with E-state index in [1.54, 1.807) is 0 Å². The first-order valence-electron chi connectivity index (χ1n) is 6.88. The number of nitrogens with zero attached hydrogens (tertiary/aromatic N) is 3. The Morgan fingerprint density at radius 3 is 2.90 bits per heavy atom. The Hall–Kier alpha value is -1.54. The molecule has 1 aliphatic rings. The van der Waals surface area contributed by atoms with Crippen LogP contribution in [0.15, 0.2) is 30.3 Å². The van der Waals surface area contributed by atoms with E-state index in [2.05, 4.69) is 51.0 Å². The molecule has 0 radical (unpaired) electrons. The number of aryl methyl sites for hydroxylation is 2. The predicted molar refractivity (Wildman–Crippen MR) is 84.7 cm³/mol. The molecule has 5 heteroatoms. The van der Waals surface area contributed by atoms with Crippen molar-refractivity contribution in [3.8, 4) is 0 Å². The van der Waals surface area contributed by atoms with E-state index in [9.17, 15) is 0 Å². The first-order valence-corrected chi connectivity index (χ1v) is 8.87. The van der Waals surface area contributed by atoms with E-state index in [4.69, 9.17) is 5.73 Å². The molecule has 0 fully saturated rings. The summed E-state index contributed by atoms with van der Waals surface area (Å²) in [4.78, 5) is 8.57. The summed E-state index contributed by atoms with van der Waals surface area (Å²) in [6.07, 6.45) is 2.38. The van der Waals surface area contributed by atoms with Gasteiger partial charge < -0.3 is 0 Å². The number of fused-ring (bicyclic) bond motifs is 1. The molecular formula is C15H19AsN4. The summed E-state index contributed by atoms with van der Waals surface area (Å²) >= 11 is -0.510. The van der Waals surface area contributed by atoms with Gasteiger partial charge in [-0.1, -0.05) is 0 Å². The molecule has 2 unspecified atom stereocenters. The van der Waals surface area contributed by atoms with Gasteiger partial charge in [-0.2, -0.15) is 0 Å². The van der Waals surface area contributed by atoms with Gasteiger partial charge in [-0.3, -0.25) is 0 Å². The number of benzene rings is 1. The molecule has 1 aliphatic heterocycles. The zero-order valence-corrected chi connectivity index (χ0v) is 13.9. The fourth-order valence-electron chi connectivity index (χ4n) is 2.63. The topological polar surface area (TPSA) is 55.0 Å². The molecule has 104 valence electrons. The number of hydrogen-bond acceptors (Lipinski definition) is 4. The van der Waals surface area contributed by atoms with Gasteiger partial charge in [0, 0.05) is 0 Å². The molecule has 0 spiro atoms. The Bertz CT molecular complexity index is 609. The maximum atomic E-state index is 5.77. The summed E-state index contributed by atoms with van der Waals surface area (Å²) in [5.41, 5.74) is 9.55. The van der Waals surface area contributed by atoms with Gasteiger partial charge in [-0.15, -0.1) is 0 Å². The molecule has 3 rings (SSSR count). The zero-order chi connectivity index (χ0) is 14.1. The maximum absolute atomic E-state index is 5.77. The third-order valence-electron chi connectivity index (χ3n) is 3.63. The molecule has 4 nitrogen and oxygen atoms in total. The van der Waals surface area contributed by atoms with Crippen molar-refractivity contribution in [2.24, 2.45) is 0 Å². The van der Waals surface area contributed by atoms with Crippen molar-refractivity contribution in [2.75, 3.05) is 9.55 Å². The quantitative estimate of drug-likeness (QED) is 0.841. The molecule has 0 bridgehead atoms. The Morgan fingerprint density at radius 2 is 2.10 bits per heavy atom. The van der Waals surface area contributed by atoms with E-state index in [1.165, 1.54) is 24.1 Å². The van der Waals surface area contributed by atoms with Gasteiger partial charge in [0.15, 0.2) is 0 Å². The van der Waals surface area contributed by atoms with Crippen molar-refractivity contribution >= 4 is 32.1 Å². The van der Waals surface area contributed by atoms with Gasteiger partial charge in [0.1, 0.15) is 0 Å². The fourth-order valence-corrected chi connectivity index (χ4v) is 5.51. The Balaban J connectivity index is 1.93. The molecule has 0 saturated heterocycles. The van der Waals surface area contributed by atoms with Gasteiger partial charge in [0.2, 0.25) is 0 Å². The van der Waals surface area contributed by atoms with E-state index in [0.29, 0.717) is 12.0 Å². The summed E-state index contributed by atoms with van der Waals surface area (Å²) in [5.74, 6) is 0.390. The summed E-state index contributed by atoms with van der Waals surface area (Å²) in [7, 11) is 0. The summed E-state index contributed by atoms with van der Waals surface area (Å²) in [6.45, 7) is 4.28. The van der Waals surface area contributed by atoms with Crippen LogP contribution in [-0.4, -0.2) is 32.0 Å². The van der Waals surface area contributed by atoms with Crippen LogP contribution in [0.3, 0.4) is 0 Å². The van der Waals surface area contributed by atoms with Crippen LogP contribution in [0.2, 0.25) is 0 Å². The van der Waals surface area contributed by atoms with E-state index < -0.39 is 16.0 Å². The minimum atomic E-state index is -0.510. The van der Waals surface area contributed by atoms with Crippen LogP contribution in [0.4, 0.5) is 11.6 Å². The van der Waals surface area contributed by atoms with Crippen molar-refractivity contribution in [3.63, 3.8) is 0 Å². The van der Waals surface area contributed by atoms with E-state index in [0.717, 1.165) is 10.2 Å². The Kier molecular flexibility index (Phi) is 3.66. The summed E-state index contributed by atoms with van der Waals surface area (Å²) in [5, 5.41) is 0. The van der Waals surface area contributed by atoms with Crippen molar-refractivity contribution in [3.05, 3.63) is 41.6 Å². The molecule has 0 aliphatic carbocycles. The fraction of sp³-hybridized carbons (Fsp3) is 0.333. The Labute approximate surface area is 126 Å². The van der Waals surface area contributed by atoms with Crippen LogP contribution in [0.1, 0.15) is 24.6 Å².